The molecule has 1 aromatic heterocycles. The summed E-state index contributed by atoms with van der Waals surface area (Å²) in [6.07, 6.45) is 3.15. The number of anilines is 1. The van der Waals surface area contributed by atoms with Gasteiger partial charge in [0.2, 0.25) is 15.8 Å². The van der Waals surface area contributed by atoms with Gasteiger partial charge in [-0.3, -0.25) is 0 Å². The van der Waals surface area contributed by atoms with Crippen LogP contribution >= 0.6 is 0 Å². The zero-order valence-corrected chi connectivity index (χ0v) is 19.7. The van der Waals surface area contributed by atoms with Crippen LogP contribution in [0.25, 0.3) is 0 Å². The number of benzene rings is 1. The fourth-order valence-corrected chi connectivity index (χ4v) is 5.76. The lowest BCUT2D eigenvalue weighted by atomic mass is 9.83. The average Bonchev–Trinajstić information content (AvgIpc) is 3.19. The van der Waals surface area contributed by atoms with Gasteiger partial charge in [-0.2, -0.15) is 13.2 Å². The fourth-order valence-electron chi connectivity index (χ4n) is 4.93. The molecule has 0 unspecified atom stereocenters. The van der Waals surface area contributed by atoms with Crippen molar-refractivity contribution < 1.29 is 26.3 Å². The maximum absolute atomic E-state index is 12.8. The third kappa shape index (κ3) is 6.25. The maximum atomic E-state index is 12.8. The zero-order valence-electron chi connectivity index (χ0n) is 18.9. The molecular weight excluding hydrogens is 469 g/mol. The molecule has 1 saturated heterocycles. The number of hydrogen-bond acceptors (Lipinski definition) is 6. The van der Waals surface area contributed by atoms with Crippen molar-refractivity contribution in [3.05, 3.63) is 54.1 Å². The van der Waals surface area contributed by atoms with E-state index in [4.69, 9.17) is 4.74 Å². The Morgan fingerprint density at radius 1 is 1.06 bits per heavy atom. The predicted molar refractivity (Wildman–Crippen MR) is 122 cm³/mol. The summed E-state index contributed by atoms with van der Waals surface area (Å²) in [5, 5.41) is 0. The second-order valence-electron chi connectivity index (χ2n) is 9.03. The van der Waals surface area contributed by atoms with E-state index in [1.54, 1.807) is 0 Å². The summed E-state index contributed by atoms with van der Waals surface area (Å²) >= 11 is 0. The van der Waals surface area contributed by atoms with Gasteiger partial charge in [-0.05, 0) is 43.6 Å². The Labute approximate surface area is 197 Å². The van der Waals surface area contributed by atoms with Crippen molar-refractivity contribution in [1.82, 2.24) is 14.7 Å². The topological polar surface area (TPSA) is 84.4 Å². The van der Waals surface area contributed by atoms with Gasteiger partial charge in [0.25, 0.3) is 0 Å². The van der Waals surface area contributed by atoms with Crippen molar-refractivity contribution in [2.24, 2.45) is 0 Å². The van der Waals surface area contributed by atoms with E-state index in [2.05, 4.69) is 26.8 Å². The van der Waals surface area contributed by atoms with Crippen molar-refractivity contribution in [2.75, 3.05) is 24.3 Å². The highest BCUT2D eigenvalue weighted by Crippen LogP contribution is 2.35. The third-order valence-corrected chi connectivity index (χ3v) is 7.31. The summed E-state index contributed by atoms with van der Waals surface area (Å²) in [6.45, 7) is 0.714. The Morgan fingerprint density at radius 3 is 2.29 bits per heavy atom. The molecule has 186 valence electrons. The van der Waals surface area contributed by atoms with Gasteiger partial charge in [0.05, 0.1) is 43.1 Å². The minimum Gasteiger partial charge on any atom is -0.376 e. The molecule has 4 rings (SSSR count). The quantitative estimate of drug-likeness (QED) is 0.626. The smallest absolute Gasteiger partial charge is 0.376 e. The van der Waals surface area contributed by atoms with E-state index < -0.39 is 28.1 Å². The van der Waals surface area contributed by atoms with E-state index in [9.17, 15) is 21.6 Å². The molecule has 1 aliphatic heterocycles. The molecule has 2 heterocycles. The molecule has 0 radical (unpaired) electrons. The minimum absolute atomic E-state index is 0.0603. The number of alkyl halides is 3. The van der Waals surface area contributed by atoms with Crippen LogP contribution in [0.1, 0.15) is 49.4 Å². The van der Waals surface area contributed by atoms with Crippen LogP contribution in [0, 0.1) is 0 Å². The number of ether oxygens (including phenoxy) is 1. The highest BCUT2D eigenvalue weighted by Gasteiger charge is 2.39. The minimum atomic E-state index is -4.62. The van der Waals surface area contributed by atoms with Gasteiger partial charge in [-0.25, -0.2) is 23.1 Å². The van der Waals surface area contributed by atoms with Crippen LogP contribution in [-0.4, -0.2) is 56.0 Å². The lowest BCUT2D eigenvalue weighted by Crippen LogP contribution is -2.48. The molecule has 1 aliphatic carbocycles. The molecule has 7 nitrogen and oxygen atoms in total. The first-order valence-electron chi connectivity index (χ1n) is 11.4. The third-order valence-electron chi connectivity index (χ3n) is 6.58. The van der Waals surface area contributed by atoms with Gasteiger partial charge in [0, 0.05) is 12.6 Å². The van der Waals surface area contributed by atoms with E-state index in [0.717, 1.165) is 44.3 Å². The number of halogens is 3. The van der Waals surface area contributed by atoms with E-state index >= 15 is 0 Å². The van der Waals surface area contributed by atoms with Crippen molar-refractivity contribution in [3.63, 3.8) is 0 Å². The zero-order chi connectivity index (χ0) is 24.3. The molecule has 0 spiro atoms. The van der Waals surface area contributed by atoms with Gasteiger partial charge in [0.15, 0.2) is 0 Å². The van der Waals surface area contributed by atoms with Crippen molar-refractivity contribution in [1.29, 1.82) is 0 Å². The Balaban J connectivity index is 1.41. The number of hydrogen-bond donors (Lipinski definition) is 1. The molecule has 2 aromatic rings. The summed E-state index contributed by atoms with van der Waals surface area (Å²) in [5.74, 6) is -0.697. The summed E-state index contributed by atoms with van der Waals surface area (Å²) in [5.41, 5.74) is 1.75. The standard InChI is InChI=1S/C23H29F3N4O3S/c1-34(31,32)29-20-11-12-30(18-13-27-22(28-14-18)23(24,25)26)21(20)15-33-19-9-7-17(8-10-19)16-5-3-2-4-6-16/h2-6,13-14,17,19-21,29H,7-12,15H2,1H3/t17?,19?,20-,21-/m0/s1. The monoisotopic (exact) mass is 498 g/mol. The first-order valence-corrected chi connectivity index (χ1v) is 13.3. The number of rotatable bonds is 7. The van der Waals surface area contributed by atoms with Crippen LogP contribution in [0.2, 0.25) is 0 Å². The van der Waals surface area contributed by atoms with Crippen LogP contribution in [0.3, 0.4) is 0 Å². The summed E-state index contributed by atoms with van der Waals surface area (Å²) in [7, 11) is -3.47. The molecule has 1 aromatic carbocycles. The molecule has 2 atom stereocenters. The van der Waals surface area contributed by atoms with Crippen LogP contribution in [-0.2, 0) is 20.9 Å². The first-order chi connectivity index (χ1) is 16.1. The lowest BCUT2D eigenvalue weighted by Gasteiger charge is -2.33. The molecule has 1 saturated carbocycles. The normalized spacial score (nSPS) is 26.1. The first kappa shape index (κ1) is 24.9. The molecule has 0 bridgehead atoms. The van der Waals surface area contributed by atoms with Crippen LogP contribution < -0.4 is 9.62 Å². The van der Waals surface area contributed by atoms with Crippen LogP contribution in [0.4, 0.5) is 18.9 Å². The largest absolute Gasteiger partial charge is 0.451 e. The number of aromatic nitrogens is 2. The summed E-state index contributed by atoms with van der Waals surface area (Å²) in [6, 6.07) is 9.61. The summed E-state index contributed by atoms with van der Waals surface area (Å²) in [4.78, 5) is 8.75. The fraction of sp³-hybridized carbons (Fsp3) is 0.565. The molecular formula is C23H29F3N4O3S. The number of nitrogens with zero attached hydrogens (tertiary/aromatic N) is 3. The van der Waals surface area contributed by atoms with E-state index in [1.165, 1.54) is 5.56 Å². The Morgan fingerprint density at radius 2 is 1.71 bits per heavy atom. The van der Waals surface area contributed by atoms with Crippen LogP contribution in [0.15, 0.2) is 42.7 Å². The predicted octanol–water partition coefficient (Wildman–Crippen LogP) is 3.73. The van der Waals surface area contributed by atoms with Gasteiger partial charge >= 0.3 is 6.18 Å². The average molecular weight is 499 g/mol. The van der Waals surface area contributed by atoms with Gasteiger partial charge in [0.1, 0.15) is 0 Å². The van der Waals surface area contributed by atoms with Crippen LogP contribution in [0.5, 0.6) is 0 Å². The van der Waals surface area contributed by atoms with E-state index in [1.807, 2.05) is 23.1 Å². The highest BCUT2D eigenvalue weighted by molar-refractivity contribution is 7.88. The Kier molecular flexibility index (Phi) is 7.44. The van der Waals surface area contributed by atoms with Gasteiger partial charge in [-0.15, -0.1) is 0 Å². The maximum Gasteiger partial charge on any atom is 0.451 e. The van der Waals surface area contributed by atoms with Gasteiger partial charge < -0.3 is 9.64 Å². The molecule has 2 fully saturated rings. The number of sulfonamides is 1. The second-order valence-corrected chi connectivity index (χ2v) is 10.8. The van der Waals surface area contributed by atoms with Crippen molar-refractivity contribution >= 4 is 15.7 Å². The summed E-state index contributed by atoms with van der Waals surface area (Å²) < 4.78 is 71.2. The molecule has 0 amide bonds. The van der Waals surface area contributed by atoms with Gasteiger partial charge in [-0.1, -0.05) is 30.3 Å². The lowest BCUT2D eigenvalue weighted by molar-refractivity contribution is -0.145. The molecule has 1 N–H and O–H groups in total. The van der Waals surface area contributed by atoms with Crippen molar-refractivity contribution in [3.8, 4) is 0 Å². The Hall–Kier alpha value is -2.24. The SMILES string of the molecule is CS(=O)(=O)N[C@H]1CCN(c2cnc(C(F)(F)F)nc2)[C@H]1COC1CCC(c2ccccc2)CC1. The van der Waals surface area contributed by atoms with Crippen molar-refractivity contribution in [2.45, 2.75) is 62.4 Å². The molecule has 34 heavy (non-hydrogen) atoms. The Bertz CT molecular complexity index is 1040. The highest BCUT2D eigenvalue weighted by atomic mass is 32.2. The molecule has 11 heteroatoms. The van der Waals surface area contributed by atoms with E-state index in [0.29, 0.717) is 24.6 Å². The molecule has 2 aliphatic rings. The number of nitrogens with one attached hydrogen (secondary N) is 1. The van der Waals surface area contributed by atoms with E-state index in [-0.39, 0.29) is 18.8 Å². The second kappa shape index (κ2) is 10.2.